The van der Waals surface area contributed by atoms with Crippen molar-refractivity contribution in [3.8, 4) is 0 Å². The second-order valence-corrected chi connectivity index (χ2v) is 13.8. The minimum absolute atomic E-state index is 0.169. The van der Waals surface area contributed by atoms with Crippen LogP contribution in [0.2, 0.25) is 0 Å². The van der Waals surface area contributed by atoms with Gasteiger partial charge in [-0.1, -0.05) is 32.9 Å². The molecule has 0 spiro atoms. The molecule has 0 bridgehead atoms. The van der Waals surface area contributed by atoms with E-state index < -0.39 is 75.9 Å². The third-order valence-electron chi connectivity index (χ3n) is 11.7. The van der Waals surface area contributed by atoms with Crippen LogP contribution in [0.1, 0.15) is 73.1 Å². The summed E-state index contributed by atoms with van der Waals surface area (Å²) >= 11 is 0. The molecule has 13 atom stereocenters. The molecule has 0 saturated heterocycles. The summed E-state index contributed by atoms with van der Waals surface area (Å²) in [5.41, 5.74) is -9.28. The van der Waals surface area contributed by atoms with Crippen LogP contribution in [-0.4, -0.2) is 99.4 Å². The van der Waals surface area contributed by atoms with E-state index in [1.807, 2.05) is 19.9 Å². The van der Waals surface area contributed by atoms with Crippen molar-refractivity contribution in [3.05, 3.63) is 12.2 Å². The number of hydrogen-bond acceptors (Lipinski definition) is 9. The second kappa shape index (κ2) is 8.94. The molecule has 37 heavy (non-hydrogen) atoms. The highest BCUT2D eigenvalue weighted by Gasteiger charge is 2.81. The molecule has 0 aromatic rings. The van der Waals surface area contributed by atoms with Gasteiger partial charge in [0.1, 0.15) is 22.9 Å². The maximum atomic E-state index is 12.4. The number of aliphatic hydroxyl groups excluding tert-OH is 5. The van der Waals surface area contributed by atoms with E-state index in [4.69, 9.17) is 0 Å². The van der Waals surface area contributed by atoms with Gasteiger partial charge in [-0.2, -0.15) is 0 Å². The van der Waals surface area contributed by atoms with Crippen molar-refractivity contribution in [1.82, 2.24) is 0 Å². The SMILES string of the molecule is CC(C=CC(CO)C(C)(C)O)C1CC(O)C2(O)C1(C)CCC1C3(C)CCC(O)C(O)C3(O)C(O)CC12O. The van der Waals surface area contributed by atoms with E-state index in [9.17, 15) is 46.0 Å². The van der Waals surface area contributed by atoms with Gasteiger partial charge in [-0.25, -0.2) is 0 Å². The van der Waals surface area contributed by atoms with Crippen molar-refractivity contribution in [1.29, 1.82) is 0 Å². The van der Waals surface area contributed by atoms with Crippen molar-refractivity contribution in [3.63, 3.8) is 0 Å². The van der Waals surface area contributed by atoms with Crippen LogP contribution in [0.25, 0.3) is 0 Å². The zero-order chi connectivity index (χ0) is 28.0. The molecule has 9 heteroatoms. The van der Waals surface area contributed by atoms with Crippen LogP contribution >= 0.6 is 0 Å². The van der Waals surface area contributed by atoms with Gasteiger partial charge in [-0.15, -0.1) is 0 Å². The summed E-state index contributed by atoms with van der Waals surface area (Å²) in [6.45, 7) is 8.52. The van der Waals surface area contributed by atoms with Gasteiger partial charge < -0.3 is 46.0 Å². The van der Waals surface area contributed by atoms with E-state index in [-0.39, 0.29) is 37.7 Å². The van der Waals surface area contributed by atoms with E-state index in [1.54, 1.807) is 26.8 Å². The summed E-state index contributed by atoms with van der Waals surface area (Å²) < 4.78 is 0. The van der Waals surface area contributed by atoms with Gasteiger partial charge in [-0.05, 0) is 63.7 Å². The highest BCUT2D eigenvalue weighted by Crippen LogP contribution is 2.72. The lowest BCUT2D eigenvalue weighted by Gasteiger charge is -2.71. The highest BCUT2D eigenvalue weighted by molar-refractivity contribution is 5.31. The van der Waals surface area contributed by atoms with Gasteiger partial charge in [0, 0.05) is 23.2 Å². The molecule has 214 valence electrons. The van der Waals surface area contributed by atoms with Crippen molar-refractivity contribution in [2.75, 3.05) is 6.61 Å². The van der Waals surface area contributed by atoms with Gasteiger partial charge in [0.25, 0.3) is 0 Å². The molecule has 4 aliphatic carbocycles. The Morgan fingerprint density at radius 1 is 0.919 bits per heavy atom. The summed E-state index contributed by atoms with van der Waals surface area (Å²) in [5, 5.41) is 100. The summed E-state index contributed by atoms with van der Waals surface area (Å²) in [6, 6.07) is 0. The molecular formula is C28H48O9. The average Bonchev–Trinajstić information content (AvgIpc) is 3.01. The Balaban J connectivity index is 1.73. The van der Waals surface area contributed by atoms with Crippen LogP contribution in [0.15, 0.2) is 12.2 Å². The lowest BCUT2D eigenvalue weighted by atomic mass is 9.38. The molecule has 0 aliphatic heterocycles. The van der Waals surface area contributed by atoms with Gasteiger partial charge in [-0.3, -0.25) is 0 Å². The Morgan fingerprint density at radius 3 is 2.08 bits per heavy atom. The van der Waals surface area contributed by atoms with E-state index >= 15 is 0 Å². The second-order valence-electron chi connectivity index (χ2n) is 13.8. The number of aliphatic hydroxyl groups is 9. The highest BCUT2D eigenvalue weighted by atomic mass is 16.4. The Bertz CT molecular complexity index is 905. The maximum Gasteiger partial charge on any atom is 0.125 e. The fourth-order valence-electron chi connectivity index (χ4n) is 9.26. The normalized spacial score (nSPS) is 53.9. The first-order valence-electron chi connectivity index (χ1n) is 13.8. The predicted octanol–water partition coefficient (Wildman–Crippen LogP) is -0.165. The molecule has 0 aromatic carbocycles. The van der Waals surface area contributed by atoms with Crippen molar-refractivity contribution < 1.29 is 46.0 Å². The van der Waals surface area contributed by atoms with E-state index in [2.05, 4.69) is 0 Å². The molecule has 0 heterocycles. The minimum atomic E-state index is -2.07. The zero-order valence-electron chi connectivity index (χ0n) is 22.7. The van der Waals surface area contributed by atoms with E-state index in [0.717, 1.165) is 0 Å². The Hall–Kier alpha value is -0.620. The summed E-state index contributed by atoms with van der Waals surface area (Å²) in [4.78, 5) is 0. The minimum Gasteiger partial charge on any atom is -0.396 e. The van der Waals surface area contributed by atoms with Gasteiger partial charge in [0.15, 0.2) is 0 Å². The number of hydrogen-bond donors (Lipinski definition) is 9. The molecule has 13 unspecified atom stereocenters. The summed E-state index contributed by atoms with van der Waals surface area (Å²) in [6.07, 6.45) is -1.09. The van der Waals surface area contributed by atoms with Crippen LogP contribution in [0.5, 0.6) is 0 Å². The quantitative estimate of drug-likeness (QED) is 0.219. The first-order chi connectivity index (χ1) is 16.9. The van der Waals surface area contributed by atoms with Crippen LogP contribution in [0, 0.1) is 34.5 Å². The number of rotatable bonds is 5. The summed E-state index contributed by atoms with van der Waals surface area (Å²) in [5.74, 6) is -1.65. The molecule has 0 aromatic heterocycles. The van der Waals surface area contributed by atoms with Crippen LogP contribution in [0.4, 0.5) is 0 Å². The molecule has 4 saturated carbocycles. The molecule has 9 nitrogen and oxygen atoms in total. The van der Waals surface area contributed by atoms with Crippen LogP contribution in [-0.2, 0) is 0 Å². The molecule has 4 rings (SSSR count). The van der Waals surface area contributed by atoms with Crippen molar-refractivity contribution >= 4 is 0 Å². The van der Waals surface area contributed by atoms with E-state index in [1.165, 1.54) is 0 Å². The zero-order valence-corrected chi connectivity index (χ0v) is 22.7. The van der Waals surface area contributed by atoms with Gasteiger partial charge in [0.2, 0.25) is 0 Å². The molecule has 0 radical (unpaired) electrons. The first kappa shape index (κ1) is 29.4. The van der Waals surface area contributed by atoms with Crippen molar-refractivity contribution in [2.24, 2.45) is 34.5 Å². The molecule has 0 amide bonds. The maximum absolute atomic E-state index is 12.4. The van der Waals surface area contributed by atoms with E-state index in [0.29, 0.717) is 12.8 Å². The van der Waals surface area contributed by atoms with Crippen LogP contribution < -0.4 is 0 Å². The third-order valence-corrected chi connectivity index (χ3v) is 11.7. The largest absolute Gasteiger partial charge is 0.396 e. The van der Waals surface area contributed by atoms with Crippen LogP contribution in [0.3, 0.4) is 0 Å². The van der Waals surface area contributed by atoms with Crippen molar-refractivity contribution in [2.45, 2.75) is 120 Å². The smallest absolute Gasteiger partial charge is 0.125 e. The fourth-order valence-corrected chi connectivity index (χ4v) is 9.26. The predicted molar refractivity (Wildman–Crippen MR) is 135 cm³/mol. The van der Waals surface area contributed by atoms with Gasteiger partial charge >= 0.3 is 0 Å². The Kier molecular flexibility index (Phi) is 7.10. The fraction of sp³-hybridized carbons (Fsp3) is 0.929. The Morgan fingerprint density at radius 2 is 1.51 bits per heavy atom. The molecular weight excluding hydrogens is 480 g/mol. The third kappa shape index (κ3) is 3.62. The monoisotopic (exact) mass is 528 g/mol. The molecule has 4 aliphatic rings. The lowest BCUT2D eigenvalue weighted by molar-refractivity contribution is -0.372. The standard InChI is InChI=1S/C28H48O9/c1-15(6-7-16(14-29)23(2,3)34)17-12-20(31)28(37)24(17,4)11-9-19-25(5)10-8-18(30)22(33)27(25,36)21(32)13-26(19,28)35/h6-7,15-22,29-37H,8-14H2,1-5H3. The number of allylic oxidation sites excluding steroid dienone is 1. The molecule has 4 fully saturated rings. The average molecular weight is 529 g/mol. The lowest BCUT2D eigenvalue weighted by Crippen LogP contribution is -2.83. The molecule has 9 N–H and O–H groups in total. The topological polar surface area (TPSA) is 182 Å². The van der Waals surface area contributed by atoms with Gasteiger partial charge in [0.05, 0.1) is 30.5 Å². The number of fused-ring (bicyclic) bond motifs is 5. The summed E-state index contributed by atoms with van der Waals surface area (Å²) in [7, 11) is 0. The first-order valence-corrected chi connectivity index (χ1v) is 13.8. The Labute approximate surface area is 219 Å².